The van der Waals surface area contributed by atoms with Gasteiger partial charge >= 0.3 is 0 Å². The standard InChI is InChI=1S/C21H37NO/c1-4-6-7-8-9-10-11-16-22-17-20-12-14-21(15-13-20)23-18-19(3)5-2/h12-15,19,22H,4-11,16-18H2,1-3H3. The molecule has 0 spiro atoms. The van der Waals surface area contributed by atoms with E-state index in [0.717, 1.165) is 25.4 Å². The predicted molar refractivity (Wildman–Crippen MR) is 101 cm³/mol. The number of unbranched alkanes of at least 4 members (excludes halogenated alkanes) is 6. The van der Waals surface area contributed by atoms with Crippen LogP contribution in [0.1, 0.15) is 77.7 Å². The number of hydrogen-bond acceptors (Lipinski definition) is 2. The summed E-state index contributed by atoms with van der Waals surface area (Å²) < 4.78 is 5.79. The van der Waals surface area contributed by atoms with Crippen molar-refractivity contribution in [2.75, 3.05) is 13.2 Å². The highest BCUT2D eigenvalue weighted by Gasteiger charge is 2.00. The van der Waals surface area contributed by atoms with E-state index in [9.17, 15) is 0 Å². The van der Waals surface area contributed by atoms with Crippen LogP contribution in [-0.4, -0.2) is 13.2 Å². The fourth-order valence-electron chi connectivity index (χ4n) is 2.50. The Morgan fingerprint density at radius 3 is 2.22 bits per heavy atom. The van der Waals surface area contributed by atoms with Gasteiger partial charge in [0.15, 0.2) is 0 Å². The molecule has 1 aromatic carbocycles. The summed E-state index contributed by atoms with van der Waals surface area (Å²) in [6.45, 7) is 9.60. The zero-order valence-corrected chi connectivity index (χ0v) is 15.6. The molecule has 0 radical (unpaired) electrons. The Bertz CT molecular complexity index is 374. The second-order valence-electron chi connectivity index (χ2n) is 6.77. The molecule has 1 atom stereocenters. The average molecular weight is 320 g/mol. The first-order valence-electron chi connectivity index (χ1n) is 9.68. The van der Waals surface area contributed by atoms with Crippen LogP contribution >= 0.6 is 0 Å². The van der Waals surface area contributed by atoms with Gasteiger partial charge in [-0.25, -0.2) is 0 Å². The minimum atomic E-state index is 0.623. The van der Waals surface area contributed by atoms with Crippen molar-refractivity contribution in [1.29, 1.82) is 0 Å². The van der Waals surface area contributed by atoms with Crippen LogP contribution in [0.4, 0.5) is 0 Å². The Morgan fingerprint density at radius 1 is 0.913 bits per heavy atom. The van der Waals surface area contributed by atoms with Crippen LogP contribution in [0.2, 0.25) is 0 Å². The molecule has 0 saturated heterocycles. The van der Waals surface area contributed by atoms with Crippen LogP contribution in [0.5, 0.6) is 5.75 Å². The van der Waals surface area contributed by atoms with E-state index in [-0.39, 0.29) is 0 Å². The van der Waals surface area contributed by atoms with Crippen molar-refractivity contribution in [1.82, 2.24) is 5.32 Å². The van der Waals surface area contributed by atoms with E-state index in [1.807, 2.05) is 0 Å². The first-order chi connectivity index (χ1) is 11.3. The lowest BCUT2D eigenvalue weighted by molar-refractivity contribution is 0.256. The molecule has 132 valence electrons. The second-order valence-corrected chi connectivity index (χ2v) is 6.77. The van der Waals surface area contributed by atoms with E-state index in [0.29, 0.717) is 5.92 Å². The quantitative estimate of drug-likeness (QED) is 0.428. The summed E-state index contributed by atoms with van der Waals surface area (Å²) in [6, 6.07) is 8.52. The van der Waals surface area contributed by atoms with Crippen LogP contribution in [0.15, 0.2) is 24.3 Å². The molecular formula is C21H37NO. The molecule has 0 aliphatic rings. The average Bonchev–Trinajstić information content (AvgIpc) is 2.59. The highest BCUT2D eigenvalue weighted by molar-refractivity contribution is 5.27. The third kappa shape index (κ3) is 10.4. The highest BCUT2D eigenvalue weighted by Crippen LogP contribution is 2.14. The van der Waals surface area contributed by atoms with E-state index in [1.54, 1.807) is 0 Å². The Hall–Kier alpha value is -1.02. The monoisotopic (exact) mass is 319 g/mol. The van der Waals surface area contributed by atoms with E-state index in [1.165, 1.54) is 56.9 Å². The molecule has 1 aromatic rings. The minimum absolute atomic E-state index is 0.623. The molecule has 2 heteroatoms. The zero-order chi connectivity index (χ0) is 16.8. The van der Waals surface area contributed by atoms with Gasteiger partial charge in [-0.3, -0.25) is 0 Å². The summed E-state index contributed by atoms with van der Waals surface area (Å²) in [5.74, 6) is 1.61. The molecule has 1 unspecified atom stereocenters. The number of nitrogens with one attached hydrogen (secondary N) is 1. The van der Waals surface area contributed by atoms with Gasteiger partial charge in [-0.05, 0) is 36.6 Å². The van der Waals surface area contributed by atoms with Crippen LogP contribution in [-0.2, 0) is 6.54 Å². The maximum atomic E-state index is 5.79. The van der Waals surface area contributed by atoms with Gasteiger partial charge in [0.05, 0.1) is 6.61 Å². The number of hydrogen-bond donors (Lipinski definition) is 1. The molecule has 0 aliphatic heterocycles. The summed E-state index contributed by atoms with van der Waals surface area (Å²) >= 11 is 0. The molecule has 0 heterocycles. The Balaban J connectivity index is 2.04. The Labute approximate surface area is 144 Å². The normalized spacial score (nSPS) is 12.3. The van der Waals surface area contributed by atoms with Gasteiger partial charge in [-0.1, -0.05) is 77.8 Å². The molecule has 2 nitrogen and oxygen atoms in total. The van der Waals surface area contributed by atoms with Crippen molar-refractivity contribution in [2.45, 2.75) is 78.7 Å². The summed E-state index contributed by atoms with van der Waals surface area (Å²) in [4.78, 5) is 0. The van der Waals surface area contributed by atoms with Crippen molar-refractivity contribution in [3.8, 4) is 5.75 Å². The van der Waals surface area contributed by atoms with Crippen molar-refractivity contribution >= 4 is 0 Å². The molecule has 0 fully saturated rings. The maximum absolute atomic E-state index is 5.79. The number of ether oxygens (including phenoxy) is 1. The summed E-state index contributed by atoms with van der Waals surface area (Å²) in [5, 5.41) is 3.54. The molecule has 0 saturated carbocycles. The number of benzene rings is 1. The molecule has 0 bridgehead atoms. The SMILES string of the molecule is CCCCCCCCCNCc1ccc(OCC(C)CC)cc1. The van der Waals surface area contributed by atoms with Crippen LogP contribution in [0, 0.1) is 5.92 Å². The van der Waals surface area contributed by atoms with Gasteiger partial charge in [-0.15, -0.1) is 0 Å². The summed E-state index contributed by atoms with van der Waals surface area (Å²) in [6.07, 6.45) is 10.8. The highest BCUT2D eigenvalue weighted by atomic mass is 16.5. The number of rotatable bonds is 14. The third-order valence-electron chi connectivity index (χ3n) is 4.44. The predicted octanol–water partition coefficient (Wildman–Crippen LogP) is 5.95. The first-order valence-corrected chi connectivity index (χ1v) is 9.68. The van der Waals surface area contributed by atoms with Gasteiger partial charge in [0, 0.05) is 6.54 Å². The lowest BCUT2D eigenvalue weighted by atomic mass is 10.1. The molecule has 1 rings (SSSR count). The van der Waals surface area contributed by atoms with Gasteiger partial charge in [0.1, 0.15) is 5.75 Å². The topological polar surface area (TPSA) is 21.3 Å². The molecule has 1 N–H and O–H groups in total. The van der Waals surface area contributed by atoms with Crippen molar-refractivity contribution in [2.24, 2.45) is 5.92 Å². The first kappa shape index (κ1) is 20.0. The van der Waals surface area contributed by atoms with Crippen LogP contribution in [0.3, 0.4) is 0 Å². The van der Waals surface area contributed by atoms with Gasteiger partial charge in [-0.2, -0.15) is 0 Å². The molecule has 23 heavy (non-hydrogen) atoms. The molecule has 0 aromatic heterocycles. The smallest absolute Gasteiger partial charge is 0.119 e. The van der Waals surface area contributed by atoms with Crippen LogP contribution < -0.4 is 10.1 Å². The van der Waals surface area contributed by atoms with E-state index >= 15 is 0 Å². The fraction of sp³-hybridized carbons (Fsp3) is 0.714. The molecule has 0 aliphatic carbocycles. The van der Waals surface area contributed by atoms with E-state index in [2.05, 4.69) is 50.4 Å². The van der Waals surface area contributed by atoms with Gasteiger partial charge in [0.25, 0.3) is 0 Å². The lowest BCUT2D eigenvalue weighted by Gasteiger charge is -2.11. The summed E-state index contributed by atoms with van der Waals surface area (Å²) in [7, 11) is 0. The zero-order valence-electron chi connectivity index (χ0n) is 15.6. The fourth-order valence-corrected chi connectivity index (χ4v) is 2.50. The van der Waals surface area contributed by atoms with Crippen molar-refractivity contribution < 1.29 is 4.74 Å². The lowest BCUT2D eigenvalue weighted by Crippen LogP contribution is -2.14. The van der Waals surface area contributed by atoms with Crippen molar-refractivity contribution in [3.63, 3.8) is 0 Å². The minimum Gasteiger partial charge on any atom is -0.493 e. The van der Waals surface area contributed by atoms with E-state index in [4.69, 9.17) is 4.74 Å². The maximum Gasteiger partial charge on any atom is 0.119 e. The molecule has 0 amide bonds. The Morgan fingerprint density at radius 2 is 1.57 bits per heavy atom. The van der Waals surface area contributed by atoms with Gasteiger partial charge in [0.2, 0.25) is 0 Å². The summed E-state index contributed by atoms with van der Waals surface area (Å²) in [5.41, 5.74) is 1.34. The van der Waals surface area contributed by atoms with Crippen molar-refractivity contribution in [3.05, 3.63) is 29.8 Å². The third-order valence-corrected chi connectivity index (χ3v) is 4.44. The second kappa shape index (κ2) is 13.4. The molecular weight excluding hydrogens is 282 g/mol. The Kier molecular flexibility index (Phi) is 11.7. The van der Waals surface area contributed by atoms with E-state index < -0.39 is 0 Å². The van der Waals surface area contributed by atoms with Gasteiger partial charge < -0.3 is 10.1 Å². The van der Waals surface area contributed by atoms with Crippen LogP contribution in [0.25, 0.3) is 0 Å². The largest absolute Gasteiger partial charge is 0.493 e.